The second kappa shape index (κ2) is 5.15. The van der Waals surface area contributed by atoms with Crippen LogP contribution in [0.5, 0.6) is 0 Å². The minimum absolute atomic E-state index is 1.03. The number of rotatable bonds is 2. The molecule has 2 nitrogen and oxygen atoms in total. The molecule has 4 aromatic rings. The molecule has 0 aliphatic carbocycles. The summed E-state index contributed by atoms with van der Waals surface area (Å²) >= 11 is 0. The van der Waals surface area contributed by atoms with Crippen LogP contribution in [0.25, 0.3) is 27.8 Å². The molecule has 0 spiro atoms. The van der Waals surface area contributed by atoms with Crippen LogP contribution in [0.3, 0.4) is 0 Å². The van der Waals surface area contributed by atoms with Gasteiger partial charge in [-0.25, -0.2) is 4.68 Å². The molecular weight excluding hydrogens is 268 g/mol. The van der Waals surface area contributed by atoms with Crippen molar-refractivity contribution in [3.8, 4) is 16.9 Å². The average Bonchev–Trinajstić information content (AvgIpc) is 2.96. The number of aryl methyl sites for hydroxylation is 1. The maximum Gasteiger partial charge on any atom is 0.101 e. The third kappa shape index (κ3) is 2.01. The standard InChI is InChI=1S/C20H16N2/c1-15-9-5-7-13-18(15)22-19-14-8-6-12-17(19)20(21-22)16-10-3-2-4-11-16/h2-14H,1H3. The molecule has 1 aromatic heterocycles. The van der Waals surface area contributed by atoms with Crippen LogP contribution in [0, 0.1) is 6.92 Å². The molecule has 4 rings (SSSR count). The van der Waals surface area contributed by atoms with Crippen molar-refractivity contribution in [3.05, 3.63) is 84.4 Å². The highest BCUT2D eigenvalue weighted by molar-refractivity contribution is 5.94. The number of para-hydroxylation sites is 2. The quantitative estimate of drug-likeness (QED) is 0.506. The van der Waals surface area contributed by atoms with Crippen LogP contribution >= 0.6 is 0 Å². The minimum atomic E-state index is 1.03. The number of nitrogens with zero attached hydrogens (tertiary/aromatic N) is 2. The van der Waals surface area contributed by atoms with Gasteiger partial charge in [0, 0.05) is 10.9 Å². The van der Waals surface area contributed by atoms with Gasteiger partial charge in [-0.3, -0.25) is 0 Å². The van der Waals surface area contributed by atoms with Crippen LogP contribution in [-0.4, -0.2) is 9.78 Å². The van der Waals surface area contributed by atoms with E-state index < -0.39 is 0 Å². The first-order valence-corrected chi connectivity index (χ1v) is 7.44. The minimum Gasteiger partial charge on any atom is -0.232 e. The van der Waals surface area contributed by atoms with Crippen molar-refractivity contribution in [3.63, 3.8) is 0 Å². The zero-order valence-electron chi connectivity index (χ0n) is 12.4. The summed E-state index contributed by atoms with van der Waals surface area (Å²) < 4.78 is 2.05. The monoisotopic (exact) mass is 284 g/mol. The van der Waals surface area contributed by atoms with Crippen LogP contribution in [0.2, 0.25) is 0 Å². The van der Waals surface area contributed by atoms with E-state index in [1.165, 1.54) is 10.9 Å². The van der Waals surface area contributed by atoms with E-state index in [9.17, 15) is 0 Å². The third-order valence-corrected chi connectivity index (χ3v) is 3.98. The first kappa shape index (κ1) is 12.8. The van der Waals surface area contributed by atoms with Gasteiger partial charge in [0.15, 0.2) is 0 Å². The fraction of sp³-hybridized carbons (Fsp3) is 0.0500. The molecule has 0 saturated heterocycles. The third-order valence-electron chi connectivity index (χ3n) is 3.98. The van der Waals surface area contributed by atoms with Crippen molar-refractivity contribution in [2.24, 2.45) is 0 Å². The summed E-state index contributed by atoms with van der Waals surface area (Å²) in [6.07, 6.45) is 0. The maximum atomic E-state index is 4.91. The van der Waals surface area contributed by atoms with E-state index in [4.69, 9.17) is 5.10 Å². The molecular formula is C20H16N2. The van der Waals surface area contributed by atoms with E-state index in [1.54, 1.807) is 0 Å². The first-order chi connectivity index (χ1) is 10.8. The lowest BCUT2D eigenvalue weighted by Gasteiger charge is -2.06. The number of aromatic nitrogens is 2. The first-order valence-electron chi connectivity index (χ1n) is 7.44. The lowest BCUT2D eigenvalue weighted by molar-refractivity contribution is 0.906. The van der Waals surface area contributed by atoms with Crippen molar-refractivity contribution >= 4 is 10.9 Å². The Morgan fingerprint density at radius 3 is 2.23 bits per heavy atom. The van der Waals surface area contributed by atoms with Gasteiger partial charge in [0.05, 0.1) is 11.2 Å². The number of benzene rings is 3. The highest BCUT2D eigenvalue weighted by Crippen LogP contribution is 2.30. The zero-order chi connectivity index (χ0) is 14.9. The SMILES string of the molecule is Cc1ccccc1-n1nc(-c2ccccc2)c2ccccc21. The van der Waals surface area contributed by atoms with Crippen molar-refractivity contribution in [1.82, 2.24) is 9.78 Å². The van der Waals surface area contributed by atoms with E-state index in [-0.39, 0.29) is 0 Å². The molecule has 22 heavy (non-hydrogen) atoms. The predicted octanol–water partition coefficient (Wildman–Crippen LogP) is 5.00. The second-order valence-electron chi connectivity index (χ2n) is 5.43. The summed E-state index contributed by atoms with van der Waals surface area (Å²) in [6, 6.07) is 27.1. The van der Waals surface area contributed by atoms with Crippen LogP contribution in [0.1, 0.15) is 5.56 Å². The molecule has 2 heteroatoms. The molecule has 0 aliphatic rings. The van der Waals surface area contributed by atoms with Crippen LogP contribution in [-0.2, 0) is 0 Å². The highest BCUT2D eigenvalue weighted by Gasteiger charge is 2.13. The Morgan fingerprint density at radius 2 is 1.41 bits per heavy atom. The van der Waals surface area contributed by atoms with Gasteiger partial charge < -0.3 is 0 Å². The zero-order valence-corrected chi connectivity index (χ0v) is 12.4. The Hall–Kier alpha value is -2.87. The Bertz CT molecular complexity index is 936. The van der Waals surface area contributed by atoms with Crippen LogP contribution in [0.15, 0.2) is 78.9 Å². The Kier molecular flexibility index (Phi) is 3.01. The van der Waals surface area contributed by atoms with Gasteiger partial charge in [-0.2, -0.15) is 5.10 Å². The summed E-state index contributed by atoms with van der Waals surface area (Å²) in [5.41, 5.74) is 5.65. The Morgan fingerprint density at radius 1 is 0.727 bits per heavy atom. The van der Waals surface area contributed by atoms with Gasteiger partial charge in [-0.1, -0.05) is 66.7 Å². The molecule has 0 radical (unpaired) electrons. The van der Waals surface area contributed by atoms with Gasteiger partial charge in [0.25, 0.3) is 0 Å². The average molecular weight is 284 g/mol. The highest BCUT2D eigenvalue weighted by atomic mass is 15.3. The van der Waals surface area contributed by atoms with Crippen LogP contribution < -0.4 is 0 Å². The van der Waals surface area contributed by atoms with Gasteiger partial charge in [-0.15, -0.1) is 0 Å². The number of hydrogen-bond donors (Lipinski definition) is 0. The molecule has 0 atom stereocenters. The Balaban J connectivity index is 2.04. The van der Waals surface area contributed by atoms with Crippen molar-refractivity contribution in [1.29, 1.82) is 0 Å². The predicted molar refractivity (Wildman–Crippen MR) is 91.2 cm³/mol. The molecule has 0 unspecified atom stereocenters. The topological polar surface area (TPSA) is 17.8 Å². The number of hydrogen-bond acceptors (Lipinski definition) is 1. The molecule has 0 aliphatic heterocycles. The van der Waals surface area contributed by atoms with Crippen molar-refractivity contribution in [2.45, 2.75) is 6.92 Å². The van der Waals surface area contributed by atoms with E-state index in [0.717, 1.165) is 22.5 Å². The largest absolute Gasteiger partial charge is 0.232 e. The van der Waals surface area contributed by atoms with Crippen molar-refractivity contribution < 1.29 is 0 Å². The molecule has 0 fully saturated rings. The van der Waals surface area contributed by atoms with E-state index >= 15 is 0 Å². The van der Waals surface area contributed by atoms with Gasteiger partial charge in [0.1, 0.15) is 5.69 Å². The van der Waals surface area contributed by atoms with E-state index in [1.807, 2.05) is 10.7 Å². The van der Waals surface area contributed by atoms with Gasteiger partial charge >= 0.3 is 0 Å². The summed E-state index contributed by atoms with van der Waals surface area (Å²) in [7, 11) is 0. The van der Waals surface area contributed by atoms with E-state index in [2.05, 4.69) is 79.7 Å². The fourth-order valence-electron chi connectivity index (χ4n) is 2.86. The Labute approximate surface area is 129 Å². The second-order valence-corrected chi connectivity index (χ2v) is 5.43. The normalized spacial score (nSPS) is 11.0. The summed E-state index contributed by atoms with van der Waals surface area (Å²) in [5, 5.41) is 6.09. The molecule has 1 heterocycles. The lowest BCUT2D eigenvalue weighted by atomic mass is 10.1. The fourth-order valence-corrected chi connectivity index (χ4v) is 2.86. The van der Waals surface area contributed by atoms with E-state index in [0.29, 0.717) is 0 Å². The smallest absolute Gasteiger partial charge is 0.101 e. The summed E-state index contributed by atoms with van der Waals surface area (Å²) in [6.45, 7) is 2.12. The lowest BCUT2D eigenvalue weighted by Crippen LogP contribution is -1.98. The maximum absolute atomic E-state index is 4.91. The summed E-state index contributed by atoms with van der Waals surface area (Å²) in [4.78, 5) is 0. The number of fused-ring (bicyclic) bond motifs is 1. The van der Waals surface area contributed by atoms with Gasteiger partial charge in [-0.05, 0) is 24.6 Å². The molecule has 0 saturated carbocycles. The summed E-state index contributed by atoms with van der Waals surface area (Å²) in [5.74, 6) is 0. The molecule has 0 bridgehead atoms. The van der Waals surface area contributed by atoms with Gasteiger partial charge in [0.2, 0.25) is 0 Å². The van der Waals surface area contributed by atoms with Crippen molar-refractivity contribution in [2.75, 3.05) is 0 Å². The molecule has 3 aromatic carbocycles. The molecule has 106 valence electrons. The molecule has 0 amide bonds. The molecule has 0 N–H and O–H groups in total. The van der Waals surface area contributed by atoms with Crippen LogP contribution in [0.4, 0.5) is 0 Å².